The van der Waals surface area contributed by atoms with E-state index in [1.165, 1.54) is 19.1 Å². The lowest BCUT2D eigenvalue weighted by molar-refractivity contribution is -0.113. The zero-order valence-corrected chi connectivity index (χ0v) is 10.8. The zero-order valence-electron chi connectivity index (χ0n) is 10.8. The van der Waals surface area contributed by atoms with Crippen LogP contribution >= 0.6 is 0 Å². The van der Waals surface area contributed by atoms with Crippen molar-refractivity contribution < 1.29 is 9.18 Å². The molecule has 0 unspecified atom stereocenters. The molecular formula is C14H21FO. The van der Waals surface area contributed by atoms with Crippen LogP contribution in [0.2, 0.25) is 0 Å². The molecule has 0 aliphatic carbocycles. The summed E-state index contributed by atoms with van der Waals surface area (Å²) in [7, 11) is 0. The van der Waals surface area contributed by atoms with Crippen LogP contribution in [0.1, 0.15) is 33.3 Å². The maximum Gasteiger partial charge on any atom is 0.154 e. The highest BCUT2D eigenvalue weighted by Crippen LogP contribution is 1.98. The van der Waals surface area contributed by atoms with Gasteiger partial charge in [-0.05, 0) is 38.5 Å². The quantitative estimate of drug-likeness (QED) is 0.649. The third-order valence-corrected chi connectivity index (χ3v) is 1.61. The fraction of sp³-hybridized carbons (Fsp3) is 0.357. The Morgan fingerprint density at radius 3 is 1.62 bits per heavy atom. The number of carbonyl (C=O) groups is 1. The molecule has 0 saturated carbocycles. The minimum atomic E-state index is -0.171. The molecule has 0 aromatic heterocycles. The Kier molecular flexibility index (Phi) is 10.7. The maximum atomic E-state index is 12.1. The summed E-state index contributed by atoms with van der Waals surface area (Å²) in [5, 5.41) is 0. The van der Waals surface area contributed by atoms with Crippen LogP contribution < -0.4 is 0 Å². The SMILES string of the molecule is C=C(C)C(C)=O.CC.Cc1ccc(F)cc1. The van der Waals surface area contributed by atoms with Crippen molar-refractivity contribution in [2.45, 2.75) is 34.6 Å². The Hall–Kier alpha value is -1.44. The van der Waals surface area contributed by atoms with Gasteiger partial charge in [-0.15, -0.1) is 0 Å². The molecule has 0 fully saturated rings. The van der Waals surface area contributed by atoms with Gasteiger partial charge in [0, 0.05) is 0 Å². The third-order valence-electron chi connectivity index (χ3n) is 1.61. The van der Waals surface area contributed by atoms with E-state index in [0.29, 0.717) is 5.57 Å². The Labute approximate surface area is 98.0 Å². The summed E-state index contributed by atoms with van der Waals surface area (Å²) in [6.07, 6.45) is 0. The Bertz CT molecular complexity index is 279. The van der Waals surface area contributed by atoms with Crippen LogP contribution in [0.25, 0.3) is 0 Å². The second-order valence-corrected chi connectivity index (χ2v) is 3.13. The Morgan fingerprint density at radius 2 is 1.44 bits per heavy atom. The number of aryl methyl sites for hydroxylation is 1. The molecular weight excluding hydrogens is 203 g/mol. The first-order valence-electron chi connectivity index (χ1n) is 5.32. The van der Waals surface area contributed by atoms with E-state index in [-0.39, 0.29) is 11.6 Å². The molecule has 0 bridgehead atoms. The number of ketones is 1. The van der Waals surface area contributed by atoms with Gasteiger partial charge in [-0.2, -0.15) is 0 Å². The predicted octanol–water partition coefficient (Wildman–Crippen LogP) is 4.31. The van der Waals surface area contributed by atoms with Gasteiger partial charge in [-0.1, -0.05) is 38.1 Å². The molecule has 2 heteroatoms. The number of hydrogen-bond donors (Lipinski definition) is 0. The molecule has 0 aliphatic heterocycles. The maximum absolute atomic E-state index is 12.1. The lowest BCUT2D eigenvalue weighted by Crippen LogP contribution is -1.86. The molecule has 16 heavy (non-hydrogen) atoms. The van der Waals surface area contributed by atoms with Crippen LogP contribution in [-0.4, -0.2) is 5.78 Å². The lowest BCUT2D eigenvalue weighted by Gasteiger charge is -1.87. The summed E-state index contributed by atoms with van der Waals surface area (Å²) in [6.45, 7) is 12.5. The first kappa shape index (κ1) is 17.0. The van der Waals surface area contributed by atoms with E-state index < -0.39 is 0 Å². The van der Waals surface area contributed by atoms with E-state index in [9.17, 15) is 9.18 Å². The third kappa shape index (κ3) is 10.6. The Balaban J connectivity index is 0. The monoisotopic (exact) mass is 224 g/mol. The second kappa shape index (κ2) is 10.1. The van der Waals surface area contributed by atoms with Crippen LogP contribution in [0, 0.1) is 12.7 Å². The normalized spacial score (nSPS) is 7.88. The average Bonchev–Trinajstić information content (AvgIpc) is 2.26. The number of Topliss-reactive ketones (excluding diaryl/α,β-unsaturated/α-hetero) is 1. The van der Waals surface area contributed by atoms with Crippen LogP contribution in [-0.2, 0) is 4.79 Å². The molecule has 90 valence electrons. The van der Waals surface area contributed by atoms with Gasteiger partial charge < -0.3 is 0 Å². The highest BCUT2D eigenvalue weighted by atomic mass is 19.1. The van der Waals surface area contributed by atoms with Gasteiger partial charge in [0.05, 0.1) is 0 Å². The van der Waals surface area contributed by atoms with E-state index >= 15 is 0 Å². The molecule has 1 aromatic rings. The van der Waals surface area contributed by atoms with Crippen LogP contribution in [0.5, 0.6) is 0 Å². The van der Waals surface area contributed by atoms with E-state index in [0.717, 1.165) is 5.56 Å². The summed E-state index contributed by atoms with van der Waals surface area (Å²) < 4.78 is 12.1. The summed E-state index contributed by atoms with van der Waals surface area (Å²) >= 11 is 0. The number of benzene rings is 1. The largest absolute Gasteiger partial charge is 0.295 e. The predicted molar refractivity (Wildman–Crippen MR) is 68.0 cm³/mol. The van der Waals surface area contributed by atoms with Gasteiger partial charge in [0.2, 0.25) is 0 Å². The van der Waals surface area contributed by atoms with Gasteiger partial charge in [0.25, 0.3) is 0 Å². The smallest absolute Gasteiger partial charge is 0.154 e. The van der Waals surface area contributed by atoms with Gasteiger partial charge >= 0.3 is 0 Å². The number of allylic oxidation sites excluding steroid dienone is 1. The van der Waals surface area contributed by atoms with Crippen LogP contribution in [0.4, 0.5) is 4.39 Å². The average molecular weight is 224 g/mol. The van der Waals surface area contributed by atoms with E-state index in [2.05, 4.69) is 6.58 Å². The molecule has 1 nitrogen and oxygen atoms in total. The van der Waals surface area contributed by atoms with E-state index in [1.807, 2.05) is 20.8 Å². The number of rotatable bonds is 1. The highest BCUT2D eigenvalue weighted by molar-refractivity contribution is 5.91. The van der Waals surface area contributed by atoms with E-state index in [4.69, 9.17) is 0 Å². The minimum Gasteiger partial charge on any atom is -0.295 e. The summed E-state index contributed by atoms with van der Waals surface area (Å²) in [6, 6.07) is 6.40. The second-order valence-electron chi connectivity index (χ2n) is 3.13. The zero-order chi connectivity index (χ0) is 13.1. The molecule has 1 aromatic carbocycles. The van der Waals surface area contributed by atoms with Crippen molar-refractivity contribution in [3.05, 3.63) is 47.8 Å². The summed E-state index contributed by atoms with van der Waals surface area (Å²) in [4.78, 5) is 10.0. The van der Waals surface area contributed by atoms with Crippen LogP contribution in [0.3, 0.4) is 0 Å². The standard InChI is InChI=1S/C7H7F.C5H8O.C2H6/c1-6-2-4-7(8)5-3-6;1-4(2)5(3)6;1-2/h2-5H,1H3;1H2,2-3H3;1-2H3. The van der Waals surface area contributed by atoms with Crippen molar-refractivity contribution in [2.75, 3.05) is 0 Å². The number of carbonyl (C=O) groups excluding carboxylic acids is 1. The van der Waals surface area contributed by atoms with Crippen LogP contribution in [0.15, 0.2) is 36.4 Å². The molecule has 0 heterocycles. The minimum absolute atomic E-state index is 0.0648. The topological polar surface area (TPSA) is 17.1 Å². The molecule has 0 amide bonds. The Morgan fingerprint density at radius 1 is 1.12 bits per heavy atom. The van der Waals surface area contributed by atoms with Gasteiger partial charge in [-0.25, -0.2) is 4.39 Å². The number of halogens is 1. The summed E-state index contributed by atoms with van der Waals surface area (Å²) in [5.41, 5.74) is 1.71. The fourth-order valence-corrected chi connectivity index (χ4v) is 0.533. The fourth-order valence-electron chi connectivity index (χ4n) is 0.533. The first-order valence-corrected chi connectivity index (χ1v) is 5.32. The highest BCUT2D eigenvalue weighted by Gasteiger charge is 1.86. The van der Waals surface area contributed by atoms with Gasteiger partial charge in [-0.3, -0.25) is 4.79 Å². The molecule has 0 radical (unpaired) electrons. The lowest BCUT2D eigenvalue weighted by atomic mass is 10.2. The van der Waals surface area contributed by atoms with E-state index in [1.54, 1.807) is 19.1 Å². The molecule has 0 N–H and O–H groups in total. The van der Waals surface area contributed by atoms with Crippen molar-refractivity contribution in [1.29, 1.82) is 0 Å². The molecule has 1 rings (SSSR count). The molecule has 0 aliphatic rings. The number of hydrogen-bond acceptors (Lipinski definition) is 1. The molecule has 0 atom stereocenters. The van der Waals surface area contributed by atoms with Gasteiger partial charge in [0.15, 0.2) is 5.78 Å². The molecule has 0 saturated heterocycles. The van der Waals surface area contributed by atoms with Gasteiger partial charge in [0.1, 0.15) is 5.82 Å². The van der Waals surface area contributed by atoms with Crippen molar-refractivity contribution in [3.63, 3.8) is 0 Å². The van der Waals surface area contributed by atoms with Crippen molar-refractivity contribution in [1.82, 2.24) is 0 Å². The first-order chi connectivity index (χ1) is 7.43. The van der Waals surface area contributed by atoms with Crippen molar-refractivity contribution in [2.24, 2.45) is 0 Å². The molecule has 0 spiro atoms. The van der Waals surface area contributed by atoms with Crippen molar-refractivity contribution in [3.8, 4) is 0 Å². The van der Waals surface area contributed by atoms with Crippen molar-refractivity contribution >= 4 is 5.78 Å². The summed E-state index contributed by atoms with van der Waals surface area (Å²) in [5.74, 6) is -0.106.